The van der Waals surface area contributed by atoms with E-state index in [1.807, 2.05) is 0 Å². The Labute approximate surface area is 207 Å². The summed E-state index contributed by atoms with van der Waals surface area (Å²) >= 11 is 0. The molecule has 194 valence electrons. The van der Waals surface area contributed by atoms with Crippen LogP contribution in [0.4, 0.5) is 4.39 Å². The van der Waals surface area contributed by atoms with E-state index in [0.29, 0.717) is 29.8 Å². The van der Waals surface area contributed by atoms with Gasteiger partial charge in [-0.05, 0) is 140 Å². The summed E-state index contributed by atoms with van der Waals surface area (Å²) in [6.45, 7) is 5.81. The zero-order valence-corrected chi connectivity index (χ0v) is 21.9. The van der Waals surface area contributed by atoms with E-state index in [1.54, 1.807) is 0 Å². The summed E-state index contributed by atoms with van der Waals surface area (Å²) < 4.78 is 27.7. The van der Waals surface area contributed by atoms with Crippen LogP contribution in [0.1, 0.15) is 117 Å². The first-order valence-corrected chi connectivity index (χ1v) is 14.9. The third kappa shape index (κ3) is 4.42. The molecule has 5 aliphatic rings. The van der Waals surface area contributed by atoms with Crippen molar-refractivity contribution in [3.8, 4) is 0 Å². The highest BCUT2D eigenvalue weighted by molar-refractivity contribution is 5.98. The molecule has 0 atom stereocenters. The maximum absolute atomic E-state index is 16.0. The van der Waals surface area contributed by atoms with Gasteiger partial charge in [-0.1, -0.05) is 0 Å². The van der Waals surface area contributed by atoms with Crippen LogP contribution in [0.2, 0.25) is 0 Å². The summed E-state index contributed by atoms with van der Waals surface area (Å²) in [4.78, 5) is 13.6. The first-order chi connectivity index (χ1) is 16.5. The molecular weight excluding hydrogens is 427 g/mol. The van der Waals surface area contributed by atoms with Crippen LogP contribution < -0.4 is 0 Å². The minimum absolute atomic E-state index is 0.338. The van der Waals surface area contributed by atoms with Crippen molar-refractivity contribution in [2.24, 2.45) is 34.5 Å². The molecule has 5 rings (SSSR count). The molecule has 34 heavy (non-hydrogen) atoms. The van der Waals surface area contributed by atoms with Crippen molar-refractivity contribution < 1.29 is 18.7 Å². The number of carbonyl (C=O) groups excluding carboxylic acids is 1. The second-order valence-electron chi connectivity index (χ2n) is 12.7. The third-order valence-electron chi connectivity index (χ3n) is 11.3. The van der Waals surface area contributed by atoms with Crippen LogP contribution in [-0.4, -0.2) is 37.4 Å². The molecule has 0 saturated heterocycles. The zero-order chi connectivity index (χ0) is 23.8. The van der Waals surface area contributed by atoms with Crippen LogP contribution in [0.25, 0.3) is 0 Å². The average molecular weight is 477 g/mol. The topological polar surface area (TPSA) is 35.5 Å². The molecule has 0 unspecified atom stereocenters. The maximum Gasteiger partial charge on any atom is 0.151 e. The fourth-order valence-electron chi connectivity index (χ4n) is 9.32. The van der Waals surface area contributed by atoms with Crippen LogP contribution in [0.15, 0.2) is 0 Å². The monoisotopic (exact) mass is 476 g/mol. The molecule has 5 saturated carbocycles. The molecular formula is C30H49FO3. The van der Waals surface area contributed by atoms with Gasteiger partial charge < -0.3 is 9.47 Å². The summed E-state index contributed by atoms with van der Waals surface area (Å²) in [5.74, 6) is 3.28. The predicted molar refractivity (Wildman–Crippen MR) is 133 cm³/mol. The number of ketones is 1. The molecule has 0 N–H and O–H groups in total. The van der Waals surface area contributed by atoms with Gasteiger partial charge in [0.25, 0.3) is 0 Å². The lowest BCUT2D eigenvalue weighted by Gasteiger charge is -2.62. The maximum atomic E-state index is 16.0. The highest BCUT2D eigenvalue weighted by Gasteiger charge is 2.71. The number of Topliss-reactive ketones (excluding diaryl/α,β-unsaturated/α-hetero) is 1. The highest BCUT2D eigenvalue weighted by atomic mass is 19.1. The minimum Gasteiger partial charge on any atom is -0.379 e. The number of hydrogen-bond acceptors (Lipinski definition) is 3. The van der Waals surface area contributed by atoms with E-state index < -0.39 is 17.0 Å². The van der Waals surface area contributed by atoms with Crippen molar-refractivity contribution in [3.63, 3.8) is 0 Å². The molecule has 3 nitrogen and oxygen atoms in total. The first-order valence-electron chi connectivity index (χ1n) is 14.9. The van der Waals surface area contributed by atoms with Crippen LogP contribution in [0.3, 0.4) is 0 Å². The molecule has 0 aromatic carbocycles. The van der Waals surface area contributed by atoms with Crippen LogP contribution >= 0.6 is 0 Å². The van der Waals surface area contributed by atoms with Crippen LogP contribution in [0.5, 0.6) is 0 Å². The second kappa shape index (κ2) is 10.5. The molecule has 0 bridgehead atoms. The molecule has 0 aromatic rings. The number of rotatable bonds is 6. The predicted octanol–water partition coefficient (Wildman–Crippen LogP) is 7.45. The van der Waals surface area contributed by atoms with Gasteiger partial charge in [0.2, 0.25) is 0 Å². The van der Waals surface area contributed by atoms with Crippen molar-refractivity contribution in [3.05, 3.63) is 0 Å². The van der Waals surface area contributed by atoms with Gasteiger partial charge in [0.05, 0.1) is 23.0 Å². The van der Waals surface area contributed by atoms with E-state index in [0.717, 1.165) is 76.4 Å². The Morgan fingerprint density at radius 1 is 0.618 bits per heavy atom. The van der Waals surface area contributed by atoms with Gasteiger partial charge in [-0.3, -0.25) is 4.79 Å². The number of carbonyl (C=O) groups is 1. The number of ether oxygens (including phenoxy) is 2. The SMILES string of the molecule is CCOC1CCC(C2CC[C@]3(CC2)C(=O)[C@@]2(CCC(C4CCC(OCC)CC4)CC2)[C@H]3F)CC1. The van der Waals surface area contributed by atoms with Gasteiger partial charge in [0, 0.05) is 13.2 Å². The van der Waals surface area contributed by atoms with Crippen LogP contribution in [0, 0.1) is 34.5 Å². The molecule has 0 heterocycles. The van der Waals surface area contributed by atoms with Crippen LogP contribution in [-0.2, 0) is 14.3 Å². The Bertz CT molecular complexity index is 619. The average Bonchev–Trinajstić information content (AvgIpc) is 2.89. The minimum atomic E-state index is -0.878. The molecule has 5 aliphatic carbocycles. The van der Waals surface area contributed by atoms with E-state index >= 15 is 4.39 Å². The Morgan fingerprint density at radius 2 is 0.941 bits per heavy atom. The molecule has 2 spiro atoms. The summed E-state index contributed by atoms with van der Waals surface area (Å²) in [7, 11) is 0. The molecule has 4 heteroatoms. The lowest BCUT2D eigenvalue weighted by Crippen LogP contribution is -2.69. The Morgan fingerprint density at radius 3 is 1.24 bits per heavy atom. The van der Waals surface area contributed by atoms with Gasteiger partial charge in [0.1, 0.15) is 6.17 Å². The molecule has 0 aliphatic heterocycles. The molecule has 0 radical (unpaired) electrons. The lowest BCUT2D eigenvalue weighted by molar-refractivity contribution is -0.195. The number of halogens is 1. The van der Waals surface area contributed by atoms with E-state index in [9.17, 15) is 4.79 Å². The van der Waals surface area contributed by atoms with E-state index in [4.69, 9.17) is 9.47 Å². The largest absolute Gasteiger partial charge is 0.379 e. The van der Waals surface area contributed by atoms with Gasteiger partial charge >= 0.3 is 0 Å². The van der Waals surface area contributed by atoms with Gasteiger partial charge in [-0.25, -0.2) is 4.39 Å². The third-order valence-corrected chi connectivity index (χ3v) is 11.3. The van der Waals surface area contributed by atoms with Crippen molar-refractivity contribution in [1.82, 2.24) is 0 Å². The van der Waals surface area contributed by atoms with Crippen molar-refractivity contribution in [2.45, 2.75) is 135 Å². The fraction of sp³-hybridized carbons (Fsp3) is 0.967. The summed E-state index contributed by atoms with van der Waals surface area (Å²) in [6.07, 6.45) is 17.3. The Kier molecular flexibility index (Phi) is 7.76. The number of hydrogen-bond donors (Lipinski definition) is 0. The standard InChI is InChI=1S/C30H49FO3/c1-3-33-25-9-5-21(6-10-25)23-13-17-29(18-14-23)27(31)30(28(29)32)19-15-24(16-20-30)22-7-11-26(12-8-22)34-4-2/h21-27H,3-20H2,1-2H3/t21?,22?,23?,24?,25?,26?,27?,29-,30-. The summed E-state index contributed by atoms with van der Waals surface area (Å²) in [5.41, 5.74) is -1.22. The smallest absolute Gasteiger partial charge is 0.151 e. The number of alkyl halides is 1. The Balaban J connectivity index is 1.10. The summed E-state index contributed by atoms with van der Waals surface area (Å²) in [5, 5.41) is 0. The molecule has 0 amide bonds. The quantitative estimate of drug-likeness (QED) is 0.399. The van der Waals surface area contributed by atoms with Crippen molar-refractivity contribution in [2.75, 3.05) is 13.2 Å². The molecule has 5 fully saturated rings. The van der Waals surface area contributed by atoms with Crippen molar-refractivity contribution >= 4 is 5.78 Å². The van der Waals surface area contributed by atoms with E-state index in [1.165, 1.54) is 51.4 Å². The second-order valence-corrected chi connectivity index (χ2v) is 12.7. The van der Waals surface area contributed by atoms with Gasteiger partial charge in [0.15, 0.2) is 5.78 Å². The zero-order valence-electron chi connectivity index (χ0n) is 21.9. The normalized spacial score (nSPS) is 47.6. The van der Waals surface area contributed by atoms with E-state index in [-0.39, 0.29) is 0 Å². The fourth-order valence-corrected chi connectivity index (χ4v) is 9.32. The first kappa shape index (κ1) is 25.2. The Hall–Kier alpha value is -0.480. The van der Waals surface area contributed by atoms with Crippen molar-refractivity contribution in [1.29, 1.82) is 0 Å². The highest BCUT2D eigenvalue weighted by Crippen LogP contribution is 2.66. The van der Waals surface area contributed by atoms with E-state index in [2.05, 4.69) is 13.8 Å². The lowest BCUT2D eigenvalue weighted by atomic mass is 9.41. The van der Waals surface area contributed by atoms with Gasteiger partial charge in [-0.15, -0.1) is 0 Å². The summed E-state index contributed by atoms with van der Waals surface area (Å²) in [6, 6.07) is 0. The van der Waals surface area contributed by atoms with Gasteiger partial charge in [-0.2, -0.15) is 0 Å². The molecule has 0 aromatic heterocycles.